The molecule has 0 aliphatic rings. The zero-order chi connectivity index (χ0) is 13.1. The second-order valence-corrected chi connectivity index (χ2v) is 5.87. The van der Waals surface area contributed by atoms with E-state index in [1.165, 1.54) is 24.7 Å². The fourth-order valence-corrected chi connectivity index (χ4v) is 2.80. The van der Waals surface area contributed by atoms with Crippen LogP contribution < -0.4 is 5.73 Å². The van der Waals surface area contributed by atoms with Gasteiger partial charge in [0.05, 0.1) is 18.5 Å². The number of aromatic nitrogens is 2. The van der Waals surface area contributed by atoms with Crippen LogP contribution in [-0.2, 0) is 14.8 Å². The number of H-pyrrole nitrogens is 1. The quantitative estimate of drug-likeness (QED) is 0.707. The Morgan fingerprint density at radius 2 is 2.29 bits per heavy atom. The number of nitrogens with zero attached hydrogens (tertiary/aromatic N) is 2. The predicted molar refractivity (Wildman–Crippen MR) is 63.0 cm³/mol. The molecule has 1 aromatic heterocycles. The molecule has 0 aliphatic heterocycles. The van der Waals surface area contributed by atoms with Gasteiger partial charge in [0.1, 0.15) is 4.90 Å². The van der Waals surface area contributed by atoms with Crippen molar-refractivity contribution >= 4 is 10.0 Å². The van der Waals surface area contributed by atoms with E-state index in [0.29, 0.717) is 12.3 Å². The predicted octanol–water partition coefficient (Wildman–Crippen LogP) is -0.688. The maximum Gasteiger partial charge on any atom is 0.246 e. The van der Waals surface area contributed by atoms with Gasteiger partial charge >= 0.3 is 0 Å². The highest BCUT2D eigenvalue weighted by Gasteiger charge is 2.25. The standard InChI is InChI=1S/C9H18N4O3S/c1-7-9(4-11-12-7)17(14,15)13(2)5-8(10)6-16-3/h4,8H,5-6,10H2,1-3H3,(H,11,12). The Hall–Kier alpha value is -0.960. The Labute approximate surface area is 101 Å². The van der Waals surface area contributed by atoms with Crippen molar-refractivity contribution in [2.45, 2.75) is 17.9 Å². The summed E-state index contributed by atoms with van der Waals surface area (Å²) in [6.07, 6.45) is 1.29. The second kappa shape index (κ2) is 5.58. The number of sulfonamides is 1. The van der Waals surface area contributed by atoms with Gasteiger partial charge in [-0.15, -0.1) is 0 Å². The maximum atomic E-state index is 12.1. The number of hydrogen-bond donors (Lipinski definition) is 2. The van der Waals surface area contributed by atoms with Crippen LogP contribution >= 0.6 is 0 Å². The van der Waals surface area contributed by atoms with Crippen molar-refractivity contribution in [2.24, 2.45) is 5.73 Å². The number of likely N-dealkylation sites (N-methyl/N-ethyl adjacent to an activating group) is 1. The number of rotatable bonds is 6. The Balaban J connectivity index is 2.81. The summed E-state index contributed by atoms with van der Waals surface area (Å²) < 4.78 is 30.3. The van der Waals surface area contributed by atoms with Crippen LogP contribution in [0.3, 0.4) is 0 Å². The number of aryl methyl sites for hydroxylation is 1. The summed E-state index contributed by atoms with van der Waals surface area (Å²) in [5.74, 6) is 0. The lowest BCUT2D eigenvalue weighted by atomic mass is 10.3. The van der Waals surface area contributed by atoms with Crippen molar-refractivity contribution in [3.05, 3.63) is 11.9 Å². The van der Waals surface area contributed by atoms with Crippen molar-refractivity contribution in [1.82, 2.24) is 14.5 Å². The fourth-order valence-electron chi connectivity index (χ4n) is 1.46. The van der Waals surface area contributed by atoms with Crippen LogP contribution in [0, 0.1) is 6.92 Å². The Kier molecular flexibility index (Phi) is 4.63. The van der Waals surface area contributed by atoms with E-state index in [4.69, 9.17) is 10.5 Å². The van der Waals surface area contributed by atoms with Gasteiger partial charge < -0.3 is 10.5 Å². The Morgan fingerprint density at radius 3 is 2.76 bits per heavy atom. The summed E-state index contributed by atoms with van der Waals surface area (Å²) >= 11 is 0. The third kappa shape index (κ3) is 3.25. The van der Waals surface area contributed by atoms with E-state index in [-0.39, 0.29) is 17.5 Å². The third-order valence-electron chi connectivity index (χ3n) is 2.34. The van der Waals surface area contributed by atoms with Gasteiger partial charge in [-0.2, -0.15) is 9.40 Å². The molecule has 0 spiro atoms. The molecule has 0 aliphatic carbocycles. The molecule has 0 amide bonds. The molecule has 8 heteroatoms. The number of aromatic amines is 1. The average molecular weight is 262 g/mol. The van der Waals surface area contributed by atoms with Crippen LogP contribution in [0.2, 0.25) is 0 Å². The van der Waals surface area contributed by atoms with Crippen LogP contribution in [0.4, 0.5) is 0 Å². The molecule has 1 heterocycles. The first kappa shape index (κ1) is 14.1. The van der Waals surface area contributed by atoms with Crippen molar-refractivity contribution in [1.29, 1.82) is 0 Å². The molecule has 0 fully saturated rings. The zero-order valence-electron chi connectivity index (χ0n) is 10.2. The summed E-state index contributed by atoms with van der Waals surface area (Å²) in [5, 5.41) is 6.30. The van der Waals surface area contributed by atoms with E-state index in [1.807, 2.05) is 0 Å². The van der Waals surface area contributed by atoms with Crippen LogP contribution in [0.1, 0.15) is 5.69 Å². The summed E-state index contributed by atoms with van der Waals surface area (Å²) in [6, 6.07) is -0.355. The van der Waals surface area contributed by atoms with Crippen LogP contribution in [-0.4, -0.2) is 56.3 Å². The molecule has 0 aromatic carbocycles. The topological polar surface area (TPSA) is 101 Å². The van der Waals surface area contributed by atoms with Gasteiger partial charge in [-0.05, 0) is 6.92 Å². The lowest BCUT2D eigenvalue weighted by Crippen LogP contribution is -2.41. The van der Waals surface area contributed by atoms with E-state index in [2.05, 4.69) is 10.2 Å². The number of nitrogens with one attached hydrogen (secondary N) is 1. The zero-order valence-corrected chi connectivity index (χ0v) is 11.0. The van der Waals surface area contributed by atoms with Crippen molar-refractivity contribution in [3.63, 3.8) is 0 Å². The van der Waals surface area contributed by atoms with Gasteiger partial charge in [-0.1, -0.05) is 0 Å². The first-order valence-corrected chi connectivity index (χ1v) is 6.54. The van der Waals surface area contributed by atoms with Gasteiger partial charge in [-0.25, -0.2) is 8.42 Å². The van der Waals surface area contributed by atoms with Gasteiger partial charge in [0, 0.05) is 26.7 Å². The van der Waals surface area contributed by atoms with Crippen molar-refractivity contribution in [3.8, 4) is 0 Å². The SMILES string of the molecule is COCC(N)CN(C)S(=O)(=O)c1cn[nH]c1C. The summed E-state index contributed by atoms with van der Waals surface area (Å²) in [4.78, 5) is 0.171. The van der Waals surface area contributed by atoms with Gasteiger partial charge in [0.2, 0.25) is 10.0 Å². The van der Waals surface area contributed by atoms with E-state index in [0.717, 1.165) is 0 Å². The van der Waals surface area contributed by atoms with E-state index in [9.17, 15) is 8.42 Å². The third-order valence-corrected chi connectivity index (χ3v) is 4.28. The largest absolute Gasteiger partial charge is 0.383 e. The van der Waals surface area contributed by atoms with Crippen LogP contribution in [0.25, 0.3) is 0 Å². The molecule has 17 heavy (non-hydrogen) atoms. The van der Waals surface area contributed by atoms with Gasteiger partial charge in [0.15, 0.2) is 0 Å². The van der Waals surface area contributed by atoms with Crippen LogP contribution in [0.5, 0.6) is 0 Å². The molecule has 0 bridgehead atoms. The van der Waals surface area contributed by atoms with Gasteiger partial charge in [0.25, 0.3) is 0 Å². The number of methoxy groups -OCH3 is 1. The number of hydrogen-bond acceptors (Lipinski definition) is 5. The van der Waals surface area contributed by atoms with Crippen molar-refractivity contribution < 1.29 is 13.2 Å². The molecule has 0 saturated heterocycles. The highest BCUT2D eigenvalue weighted by atomic mass is 32.2. The minimum Gasteiger partial charge on any atom is -0.383 e. The lowest BCUT2D eigenvalue weighted by Gasteiger charge is -2.20. The normalized spacial score (nSPS) is 14.2. The molecule has 1 unspecified atom stereocenters. The first-order valence-electron chi connectivity index (χ1n) is 5.10. The van der Waals surface area contributed by atoms with E-state index in [1.54, 1.807) is 6.92 Å². The monoisotopic (exact) mass is 262 g/mol. The average Bonchev–Trinajstić information content (AvgIpc) is 2.65. The fraction of sp³-hybridized carbons (Fsp3) is 0.667. The number of ether oxygens (including phenoxy) is 1. The van der Waals surface area contributed by atoms with Crippen molar-refractivity contribution in [2.75, 3.05) is 27.3 Å². The minimum atomic E-state index is -3.54. The minimum absolute atomic E-state index is 0.171. The molecule has 1 aromatic rings. The molecule has 1 rings (SSSR count). The van der Waals surface area contributed by atoms with E-state index < -0.39 is 10.0 Å². The van der Waals surface area contributed by atoms with E-state index >= 15 is 0 Å². The molecular formula is C9H18N4O3S. The molecular weight excluding hydrogens is 244 g/mol. The highest BCUT2D eigenvalue weighted by Crippen LogP contribution is 2.16. The molecule has 0 radical (unpaired) electrons. The lowest BCUT2D eigenvalue weighted by molar-refractivity contribution is 0.173. The first-order chi connectivity index (χ1) is 7.89. The molecule has 0 saturated carbocycles. The summed E-state index contributed by atoms with van der Waals surface area (Å²) in [7, 11) is -0.530. The summed E-state index contributed by atoms with van der Waals surface area (Å²) in [5.41, 5.74) is 6.23. The second-order valence-electron chi connectivity index (χ2n) is 3.86. The van der Waals surface area contributed by atoms with Crippen LogP contribution in [0.15, 0.2) is 11.1 Å². The van der Waals surface area contributed by atoms with Gasteiger partial charge in [-0.3, -0.25) is 5.10 Å². The Morgan fingerprint density at radius 1 is 1.65 bits per heavy atom. The summed E-state index contributed by atoms with van der Waals surface area (Å²) in [6.45, 7) is 2.16. The highest BCUT2D eigenvalue weighted by molar-refractivity contribution is 7.89. The molecule has 1 atom stereocenters. The number of nitrogens with two attached hydrogens (primary N) is 1. The molecule has 3 N–H and O–H groups in total. The maximum absolute atomic E-state index is 12.1. The molecule has 7 nitrogen and oxygen atoms in total. The Bertz CT molecular complexity index is 457. The molecule has 98 valence electrons. The smallest absolute Gasteiger partial charge is 0.246 e.